The summed E-state index contributed by atoms with van der Waals surface area (Å²) in [4.78, 5) is 20.2. The Bertz CT molecular complexity index is 918. The Morgan fingerprint density at radius 3 is 2.81 bits per heavy atom. The zero-order valence-corrected chi connectivity index (χ0v) is 14.5. The summed E-state index contributed by atoms with van der Waals surface area (Å²) in [6.45, 7) is 2.50. The fourth-order valence-corrected chi connectivity index (χ4v) is 2.99. The lowest BCUT2D eigenvalue weighted by atomic mass is 10.3. The van der Waals surface area contributed by atoms with E-state index in [1.807, 2.05) is 6.92 Å². The number of amides is 1. The maximum Gasteiger partial charge on any atom is 0.234 e. The van der Waals surface area contributed by atoms with Gasteiger partial charge in [0, 0.05) is 25.0 Å². The second-order valence-corrected chi connectivity index (χ2v) is 6.04. The standard InChI is InChI=1S/C16H14F2N6OS/c1-2-24-15(13-8-19-5-6-20-13)22-23-16(24)26-9-14(25)21-12-4-3-10(17)7-11(12)18/h3-8H,2,9H2,1H3,(H,21,25). The molecule has 0 fully saturated rings. The summed E-state index contributed by atoms with van der Waals surface area (Å²) in [6.07, 6.45) is 4.70. The monoisotopic (exact) mass is 376 g/mol. The number of benzene rings is 1. The minimum absolute atomic E-state index is 0.00455. The van der Waals surface area contributed by atoms with Gasteiger partial charge in [0.2, 0.25) is 5.91 Å². The van der Waals surface area contributed by atoms with Crippen LogP contribution in [0.15, 0.2) is 41.9 Å². The van der Waals surface area contributed by atoms with Gasteiger partial charge in [-0.25, -0.2) is 13.8 Å². The van der Waals surface area contributed by atoms with Crippen molar-refractivity contribution in [2.45, 2.75) is 18.6 Å². The Balaban J connectivity index is 1.68. The molecule has 0 bridgehead atoms. The number of rotatable bonds is 6. The summed E-state index contributed by atoms with van der Waals surface area (Å²) in [5, 5.41) is 11.1. The van der Waals surface area contributed by atoms with Gasteiger partial charge in [-0.2, -0.15) is 0 Å². The van der Waals surface area contributed by atoms with Crippen LogP contribution in [0, 0.1) is 11.6 Å². The van der Waals surface area contributed by atoms with Crippen molar-refractivity contribution in [1.29, 1.82) is 0 Å². The molecule has 0 saturated heterocycles. The summed E-state index contributed by atoms with van der Waals surface area (Å²) in [5.41, 5.74) is 0.501. The number of aromatic nitrogens is 5. The summed E-state index contributed by atoms with van der Waals surface area (Å²) in [7, 11) is 0. The van der Waals surface area contributed by atoms with Crippen LogP contribution in [0.25, 0.3) is 11.5 Å². The van der Waals surface area contributed by atoms with Crippen molar-refractivity contribution >= 4 is 23.4 Å². The van der Waals surface area contributed by atoms with E-state index in [1.165, 1.54) is 6.07 Å². The molecule has 0 atom stereocenters. The molecule has 7 nitrogen and oxygen atoms in total. The van der Waals surface area contributed by atoms with Gasteiger partial charge in [0.1, 0.15) is 17.3 Å². The van der Waals surface area contributed by atoms with Crippen molar-refractivity contribution in [3.05, 3.63) is 48.4 Å². The van der Waals surface area contributed by atoms with Gasteiger partial charge in [0.15, 0.2) is 11.0 Å². The summed E-state index contributed by atoms with van der Waals surface area (Å²) < 4.78 is 28.3. The molecule has 1 amide bonds. The number of hydrogen-bond acceptors (Lipinski definition) is 6. The highest BCUT2D eigenvalue weighted by Crippen LogP contribution is 2.22. The van der Waals surface area contributed by atoms with Crippen molar-refractivity contribution in [2.24, 2.45) is 0 Å². The van der Waals surface area contributed by atoms with Crippen molar-refractivity contribution in [1.82, 2.24) is 24.7 Å². The average Bonchev–Trinajstić information content (AvgIpc) is 3.06. The molecule has 3 rings (SSSR count). The van der Waals surface area contributed by atoms with Gasteiger partial charge in [-0.3, -0.25) is 9.78 Å². The van der Waals surface area contributed by atoms with E-state index in [-0.39, 0.29) is 11.4 Å². The molecule has 134 valence electrons. The van der Waals surface area contributed by atoms with Crippen molar-refractivity contribution in [3.63, 3.8) is 0 Å². The number of nitrogens with one attached hydrogen (secondary N) is 1. The van der Waals surface area contributed by atoms with Gasteiger partial charge in [0.25, 0.3) is 0 Å². The van der Waals surface area contributed by atoms with Crippen LogP contribution in [-0.2, 0) is 11.3 Å². The van der Waals surface area contributed by atoms with Crippen molar-refractivity contribution < 1.29 is 13.6 Å². The van der Waals surface area contributed by atoms with E-state index < -0.39 is 17.5 Å². The Hall–Kier alpha value is -2.88. The molecule has 3 aromatic rings. The Morgan fingerprint density at radius 2 is 2.12 bits per heavy atom. The fraction of sp³-hybridized carbons (Fsp3) is 0.188. The minimum atomic E-state index is -0.829. The van der Waals surface area contributed by atoms with E-state index in [0.29, 0.717) is 29.3 Å². The second-order valence-electron chi connectivity index (χ2n) is 5.10. The molecule has 0 aliphatic heterocycles. The average molecular weight is 376 g/mol. The van der Waals surface area contributed by atoms with Crippen LogP contribution in [0.3, 0.4) is 0 Å². The Labute approximate surface area is 151 Å². The zero-order valence-electron chi connectivity index (χ0n) is 13.7. The number of carbonyl (C=O) groups is 1. The smallest absolute Gasteiger partial charge is 0.234 e. The lowest BCUT2D eigenvalue weighted by molar-refractivity contribution is -0.113. The molecule has 0 unspecified atom stereocenters. The molecule has 0 aliphatic rings. The number of nitrogens with zero attached hydrogens (tertiary/aromatic N) is 5. The predicted octanol–water partition coefficient (Wildman–Crippen LogP) is 2.76. The Morgan fingerprint density at radius 1 is 1.27 bits per heavy atom. The van der Waals surface area contributed by atoms with Crippen LogP contribution < -0.4 is 5.32 Å². The SMILES string of the molecule is CCn1c(SCC(=O)Nc2ccc(F)cc2F)nnc1-c1cnccn1. The maximum absolute atomic E-state index is 13.6. The van der Waals surface area contributed by atoms with Crippen LogP contribution in [0.4, 0.5) is 14.5 Å². The highest BCUT2D eigenvalue weighted by molar-refractivity contribution is 7.99. The zero-order chi connectivity index (χ0) is 18.5. The van der Waals surface area contributed by atoms with E-state index in [1.54, 1.807) is 23.2 Å². The van der Waals surface area contributed by atoms with Gasteiger partial charge >= 0.3 is 0 Å². The van der Waals surface area contributed by atoms with Gasteiger partial charge < -0.3 is 9.88 Å². The molecular formula is C16H14F2N6OS. The van der Waals surface area contributed by atoms with Crippen LogP contribution >= 0.6 is 11.8 Å². The number of thioether (sulfide) groups is 1. The molecular weight excluding hydrogens is 362 g/mol. The number of carbonyl (C=O) groups excluding carboxylic acids is 1. The predicted molar refractivity (Wildman–Crippen MR) is 92.4 cm³/mol. The largest absolute Gasteiger partial charge is 0.323 e. The highest BCUT2D eigenvalue weighted by atomic mass is 32.2. The molecule has 10 heteroatoms. The molecule has 1 N–H and O–H groups in total. The molecule has 0 radical (unpaired) electrons. The van der Waals surface area contributed by atoms with Crippen molar-refractivity contribution in [3.8, 4) is 11.5 Å². The first kappa shape index (κ1) is 17.9. The van der Waals surface area contributed by atoms with E-state index in [0.717, 1.165) is 17.8 Å². The molecule has 26 heavy (non-hydrogen) atoms. The van der Waals surface area contributed by atoms with E-state index in [2.05, 4.69) is 25.5 Å². The number of anilines is 1. The quantitative estimate of drug-likeness (QED) is 0.666. The van der Waals surface area contributed by atoms with E-state index in [9.17, 15) is 13.6 Å². The first-order valence-corrected chi connectivity index (χ1v) is 8.64. The van der Waals surface area contributed by atoms with Crippen LogP contribution in [-0.4, -0.2) is 36.4 Å². The first-order chi connectivity index (χ1) is 12.6. The highest BCUT2D eigenvalue weighted by Gasteiger charge is 2.16. The third-order valence-corrected chi connectivity index (χ3v) is 4.33. The fourth-order valence-electron chi connectivity index (χ4n) is 2.19. The third kappa shape index (κ3) is 4.02. The van der Waals surface area contributed by atoms with Gasteiger partial charge in [0.05, 0.1) is 17.6 Å². The second kappa shape index (κ2) is 8.00. The van der Waals surface area contributed by atoms with Crippen LogP contribution in [0.2, 0.25) is 0 Å². The van der Waals surface area contributed by atoms with E-state index in [4.69, 9.17) is 0 Å². The van der Waals surface area contributed by atoms with Crippen molar-refractivity contribution in [2.75, 3.05) is 11.1 Å². The summed E-state index contributed by atoms with van der Waals surface area (Å²) in [6, 6.07) is 2.96. The number of halogens is 2. The lowest BCUT2D eigenvalue weighted by Crippen LogP contribution is -2.15. The normalized spacial score (nSPS) is 10.7. The summed E-state index contributed by atoms with van der Waals surface area (Å²) >= 11 is 1.16. The molecule has 2 aromatic heterocycles. The van der Waals surface area contributed by atoms with Gasteiger partial charge in [-0.05, 0) is 19.1 Å². The minimum Gasteiger partial charge on any atom is -0.323 e. The molecule has 0 saturated carbocycles. The van der Waals surface area contributed by atoms with Crippen LogP contribution in [0.1, 0.15) is 6.92 Å². The molecule has 2 heterocycles. The van der Waals surface area contributed by atoms with Gasteiger partial charge in [-0.15, -0.1) is 10.2 Å². The van der Waals surface area contributed by atoms with Crippen LogP contribution in [0.5, 0.6) is 0 Å². The maximum atomic E-state index is 13.6. The first-order valence-electron chi connectivity index (χ1n) is 7.65. The molecule has 1 aromatic carbocycles. The van der Waals surface area contributed by atoms with Gasteiger partial charge in [-0.1, -0.05) is 11.8 Å². The molecule has 0 aliphatic carbocycles. The Kier molecular flexibility index (Phi) is 5.52. The topological polar surface area (TPSA) is 85.6 Å². The third-order valence-electron chi connectivity index (χ3n) is 3.36. The van der Waals surface area contributed by atoms with E-state index >= 15 is 0 Å². The lowest BCUT2D eigenvalue weighted by Gasteiger charge is -2.08. The molecule has 0 spiro atoms. The summed E-state index contributed by atoms with van der Waals surface area (Å²) in [5.74, 6) is -1.43. The number of hydrogen-bond donors (Lipinski definition) is 1.